The molecule has 1 unspecified atom stereocenters. The molecule has 1 aliphatic rings. The number of alkyl halides is 1. The minimum atomic E-state index is -1.40. The minimum Gasteiger partial charge on any atom is -0.305 e. The number of amides is 1. The van der Waals surface area contributed by atoms with Gasteiger partial charge in [0.1, 0.15) is 17.7 Å². The topological polar surface area (TPSA) is 101 Å². The van der Waals surface area contributed by atoms with Gasteiger partial charge in [-0.3, -0.25) is 9.48 Å². The number of nitriles is 1. The summed E-state index contributed by atoms with van der Waals surface area (Å²) >= 11 is 0. The molecule has 5 rings (SSSR count). The molecule has 1 N–H and O–H groups in total. The van der Waals surface area contributed by atoms with Crippen LogP contribution in [-0.4, -0.2) is 36.5 Å². The maximum absolute atomic E-state index is 13.7. The quantitative estimate of drug-likeness (QED) is 0.499. The summed E-state index contributed by atoms with van der Waals surface area (Å²) in [7, 11) is 1.79. The summed E-state index contributed by atoms with van der Waals surface area (Å²) in [5.74, 6) is -0.564. The Morgan fingerprint density at radius 3 is 2.74 bits per heavy atom. The van der Waals surface area contributed by atoms with Crippen molar-refractivity contribution in [3.8, 4) is 28.6 Å². The van der Waals surface area contributed by atoms with Gasteiger partial charge in [-0.1, -0.05) is 6.08 Å². The van der Waals surface area contributed by atoms with Crippen LogP contribution in [0.4, 0.5) is 14.6 Å². The summed E-state index contributed by atoms with van der Waals surface area (Å²) in [6.45, 7) is 0. The zero-order valence-electron chi connectivity index (χ0n) is 17.9. The number of allylic oxidation sites excluding steroid dienone is 2. The molecule has 0 fully saturated rings. The maximum Gasteiger partial charge on any atom is 0.256 e. The van der Waals surface area contributed by atoms with Gasteiger partial charge in [0.15, 0.2) is 11.5 Å². The number of halogens is 2. The van der Waals surface area contributed by atoms with E-state index in [1.807, 2.05) is 6.20 Å². The minimum absolute atomic E-state index is 0.0280. The molecule has 1 aliphatic carbocycles. The van der Waals surface area contributed by atoms with Crippen molar-refractivity contribution < 1.29 is 13.6 Å². The Kier molecular flexibility index (Phi) is 5.22. The Labute approximate surface area is 192 Å². The SMILES string of the molecule is Cn1cc(-c2ccc3nc(NC(=O)C4=CCC(F)C(C#N)=C4)cn3n2)c(-c2ccc(F)cc2)n1. The summed E-state index contributed by atoms with van der Waals surface area (Å²) in [5, 5.41) is 20.8. The fraction of sp³-hybridized carbons (Fsp3) is 0.125. The van der Waals surface area contributed by atoms with Crippen LogP contribution in [-0.2, 0) is 11.8 Å². The van der Waals surface area contributed by atoms with E-state index in [1.54, 1.807) is 48.3 Å². The Bertz CT molecular complexity index is 1520. The van der Waals surface area contributed by atoms with Gasteiger partial charge in [0.25, 0.3) is 5.91 Å². The van der Waals surface area contributed by atoms with E-state index < -0.39 is 12.1 Å². The van der Waals surface area contributed by atoms with Gasteiger partial charge in [-0.05, 0) is 42.5 Å². The van der Waals surface area contributed by atoms with Crippen molar-refractivity contribution in [3.05, 3.63) is 77.9 Å². The van der Waals surface area contributed by atoms with Crippen molar-refractivity contribution in [2.45, 2.75) is 12.6 Å². The lowest BCUT2D eigenvalue weighted by molar-refractivity contribution is -0.112. The van der Waals surface area contributed by atoms with E-state index >= 15 is 0 Å². The van der Waals surface area contributed by atoms with Crippen LogP contribution in [0, 0.1) is 17.1 Å². The van der Waals surface area contributed by atoms with Gasteiger partial charge in [0.05, 0.1) is 23.5 Å². The van der Waals surface area contributed by atoms with Gasteiger partial charge in [0.2, 0.25) is 0 Å². The number of benzene rings is 1. The highest BCUT2D eigenvalue weighted by Crippen LogP contribution is 2.30. The van der Waals surface area contributed by atoms with E-state index in [0.717, 1.165) is 11.1 Å². The monoisotopic (exact) mass is 457 g/mol. The number of aromatic nitrogens is 5. The van der Waals surface area contributed by atoms with Crippen LogP contribution in [0.15, 0.2) is 72.1 Å². The van der Waals surface area contributed by atoms with Crippen LogP contribution in [0.5, 0.6) is 0 Å². The molecule has 34 heavy (non-hydrogen) atoms. The standard InChI is InChI=1S/C24H17F2N7O/c1-32-12-18(23(31-32)14-2-5-17(25)6-3-14)20-8-9-22-28-21(13-33(22)30-20)29-24(34)15-4-7-19(26)16(10-15)11-27/h2-6,8-10,12-13,19H,7H2,1H3,(H,29,34). The fourth-order valence-corrected chi connectivity index (χ4v) is 3.71. The number of hydrogen-bond acceptors (Lipinski definition) is 5. The number of nitrogens with one attached hydrogen (secondary N) is 1. The molecule has 168 valence electrons. The molecule has 3 aromatic heterocycles. The van der Waals surface area contributed by atoms with E-state index in [0.29, 0.717) is 17.0 Å². The highest BCUT2D eigenvalue weighted by molar-refractivity contribution is 6.05. The first-order valence-electron chi connectivity index (χ1n) is 10.3. The van der Waals surface area contributed by atoms with Gasteiger partial charge >= 0.3 is 0 Å². The van der Waals surface area contributed by atoms with Gasteiger partial charge in [0, 0.05) is 36.4 Å². The van der Waals surface area contributed by atoms with Gasteiger partial charge < -0.3 is 5.32 Å². The van der Waals surface area contributed by atoms with E-state index in [4.69, 9.17) is 5.26 Å². The molecule has 0 saturated heterocycles. The van der Waals surface area contributed by atoms with Crippen LogP contribution in [0.2, 0.25) is 0 Å². The maximum atomic E-state index is 13.7. The van der Waals surface area contributed by atoms with Crippen molar-refractivity contribution in [1.82, 2.24) is 24.4 Å². The van der Waals surface area contributed by atoms with E-state index in [2.05, 4.69) is 20.5 Å². The van der Waals surface area contributed by atoms with Crippen molar-refractivity contribution in [2.75, 3.05) is 5.32 Å². The third kappa shape index (κ3) is 3.95. The molecule has 0 spiro atoms. The molecule has 0 bridgehead atoms. The van der Waals surface area contributed by atoms with Crippen LogP contribution >= 0.6 is 0 Å². The average molecular weight is 457 g/mol. The zero-order valence-corrected chi connectivity index (χ0v) is 17.9. The largest absolute Gasteiger partial charge is 0.305 e. The third-order valence-corrected chi connectivity index (χ3v) is 5.37. The number of rotatable bonds is 4. The normalized spacial score (nSPS) is 15.5. The fourth-order valence-electron chi connectivity index (χ4n) is 3.71. The first kappa shape index (κ1) is 21.2. The van der Waals surface area contributed by atoms with E-state index in [9.17, 15) is 13.6 Å². The Hall–Kier alpha value is -4.65. The molecule has 3 heterocycles. The lowest BCUT2D eigenvalue weighted by atomic mass is 9.98. The Morgan fingerprint density at radius 1 is 1.18 bits per heavy atom. The second kappa shape index (κ2) is 8.37. The number of imidazole rings is 1. The second-order valence-corrected chi connectivity index (χ2v) is 7.75. The molecule has 8 nitrogen and oxygen atoms in total. The summed E-state index contributed by atoms with van der Waals surface area (Å²) < 4.78 is 30.2. The molecule has 10 heteroatoms. The number of nitrogens with zero attached hydrogens (tertiary/aromatic N) is 6. The molecule has 0 saturated carbocycles. The van der Waals surface area contributed by atoms with Crippen LogP contribution < -0.4 is 5.32 Å². The highest BCUT2D eigenvalue weighted by Gasteiger charge is 2.21. The molecular formula is C24H17F2N7O. The molecule has 0 aliphatic heterocycles. The third-order valence-electron chi connectivity index (χ3n) is 5.37. The Balaban J connectivity index is 1.44. The molecular weight excluding hydrogens is 440 g/mol. The summed E-state index contributed by atoms with van der Waals surface area (Å²) in [4.78, 5) is 16.9. The molecule has 1 amide bonds. The van der Waals surface area contributed by atoms with Crippen molar-refractivity contribution >= 4 is 17.4 Å². The van der Waals surface area contributed by atoms with Crippen molar-refractivity contribution in [3.63, 3.8) is 0 Å². The first-order chi connectivity index (χ1) is 16.4. The van der Waals surface area contributed by atoms with Crippen LogP contribution in [0.25, 0.3) is 28.2 Å². The number of carbonyl (C=O) groups excluding carboxylic acids is 1. The molecule has 0 radical (unpaired) electrons. The van der Waals surface area contributed by atoms with Gasteiger partial charge in [-0.2, -0.15) is 15.5 Å². The number of fused-ring (bicyclic) bond motifs is 1. The summed E-state index contributed by atoms with van der Waals surface area (Å²) in [6.07, 6.45) is 4.65. The summed E-state index contributed by atoms with van der Waals surface area (Å²) in [5.41, 5.74) is 3.38. The van der Waals surface area contributed by atoms with Gasteiger partial charge in [-0.15, -0.1) is 0 Å². The lowest BCUT2D eigenvalue weighted by Crippen LogP contribution is -2.17. The predicted molar refractivity (Wildman–Crippen MR) is 121 cm³/mol. The second-order valence-electron chi connectivity index (χ2n) is 7.75. The van der Waals surface area contributed by atoms with Crippen molar-refractivity contribution in [1.29, 1.82) is 5.26 Å². The van der Waals surface area contributed by atoms with Crippen LogP contribution in [0.3, 0.4) is 0 Å². The highest BCUT2D eigenvalue weighted by atomic mass is 19.1. The number of carbonyl (C=O) groups is 1. The van der Waals surface area contributed by atoms with Crippen molar-refractivity contribution in [2.24, 2.45) is 7.05 Å². The summed E-state index contributed by atoms with van der Waals surface area (Å²) in [6, 6.07) is 11.4. The number of anilines is 1. The van der Waals surface area contributed by atoms with E-state index in [1.165, 1.54) is 28.8 Å². The molecule has 1 atom stereocenters. The molecule has 4 aromatic rings. The van der Waals surface area contributed by atoms with Gasteiger partial charge in [-0.25, -0.2) is 18.3 Å². The van der Waals surface area contributed by atoms with Crippen LogP contribution in [0.1, 0.15) is 6.42 Å². The molecule has 1 aromatic carbocycles. The lowest BCUT2D eigenvalue weighted by Gasteiger charge is -2.12. The zero-order chi connectivity index (χ0) is 23.8. The Morgan fingerprint density at radius 2 is 1.97 bits per heavy atom. The average Bonchev–Trinajstić information content (AvgIpc) is 3.41. The smallest absolute Gasteiger partial charge is 0.256 e. The number of aryl methyl sites for hydroxylation is 1. The number of hydrogen-bond donors (Lipinski definition) is 1. The predicted octanol–water partition coefficient (Wildman–Crippen LogP) is 3.99. The first-order valence-corrected chi connectivity index (χ1v) is 10.3. The van der Waals surface area contributed by atoms with E-state index in [-0.39, 0.29) is 29.2 Å².